The summed E-state index contributed by atoms with van der Waals surface area (Å²) in [6, 6.07) is 7.27. The number of nitrogens with one attached hydrogen (secondary N) is 2. The fraction of sp³-hybridized carbons (Fsp3) is 0.471. The van der Waals surface area contributed by atoms with Gasteiger partial charge in [-0.2, -0.15) is 5.10 Å². The number of nitrogens with zero attached hydrogens (tertiary/aromatic N) is 1. The van der Waals surface area contributed by atoms with Crippen LogP contribution in [0.25, 0.3) is 0 Å². The van der Waals surface area contributed by atoms with Gasteiger partial charge in [-0.25, -0.2) is 5.43 Å². The molecule has 6 heteroatoms. The van der Waals surface area contributed by atoms with Crippen LogP contribution >= 0.6 is 0 Å². The van der Waals surface area contributed by atoms with Crippen molar-refractivity contribution < 1.29 is 9.59 Å². The molecule has 0 saturated heterocycles. The van der Waals surface area contributed by atoms with Crippen molar-refractivity contribution >= 4 is 23.2 Å². The first-order valence-corrected chi connectivity index (χ1v) is 8.03. The minimum absolute atomic E-state index is 0.0311. The minimum Gasteiger partial charge on any atom is -0.399 e. The Hall–Kier alpha value is -2.37. The summed E-state index contributed by atoms with van der Waals surface area (Å²) in [6.45, 7) is 1.73. The van der Waals surface area contributed by atoms with Gasteiger partial charge < -0.3 is 11.1 Å². The van der Waals surface area contributed by atoms with E-state index >= 15 is 0 Å². The smallest absolute Gasteiger partial charge is 0.259 e. The molecule has 0 bridgehead atoms. The first kappa shape index (κ1) is 17.0. The van der Waals surface area contributed by atoms with Crippen LogP contribution in [0.4, 0.5) is 5.69 Å². The molecule has 1 saturated carbocycles. The molecule has 1 aliphatic carbocycles. The van der Waals surface area contributed by atoms with Crippen molar-refractivity contribution in [1.82, 2.24) is 10.7 Å². The molecule has 0 heterocycles. The highest BCUT2D eigenvalue weighted by molar-refractivity contribution is 6.00. The predicted molar refractivity (Wildman–Crippen MR) is 90.8 cm³/mol. The summed E-state index contributed by atoms with van der Waals surface area (Å²) in [6.07, 6.45) is 5.21. The number of nitrogens with two attached hydrogens (primary N) is 1. The van der Waals surface area contributed by atoms with Gasteiger partial charge in [0.05, 0.1) is 12.3 Å². The normalized spacial score (nSPS) is 16.0. The zero-order valence-electron chi connectivity index (χ0n) is 13.5. The summed E-state index contributed by atoms with van der Waals surface area (Å²) in [5.41, 5.74) is 10.3. The fourth-order valence-corrected chi connectivity index (χ4v) is 2.69. The van der Waals surface area contributed by atoms with E-state index in [1.807, 2.05) is 12.1 Å². The van der Waals surface area contributed by atoms with Gasteiger partial charge in [-0.15, -0.1) is 0 Å². The van der Waals surface area contributed by atoms with Crippen molar-refractivity contribution in [3.05, 3.63) is 29.8 Å². The Morgan fingerprint density at radius 3 is 2.70 bits per heavy atom. The number of benzene rings is 1. The summed E-state index contributed by atoms with van der Waals surface area (Å²) in [5, 5.41) is 6.72. The van der Waals surface area contributed by atoms with Crippen LogP contribution in [0.2, 0.25) is 0 Å². The zero-order chi connectivity index (χ0) is 16.7. The third kappa shape index (κ3) is 5.39. The zero-order valence-corrected chi connectivity index (χ0v) is 13.5. The molecular formula is C17H24N4O2. The van der Waals surface area contributed by atoms with Gasteiger partial charge in [-0.1, -0.05) is 31.4 Å². The van der Waals surface area contributed by atoms with E-state index < -0.39 is 0 Å². The Morgan fingerprint density at radius 2 is 2.00 bits per heavy atom. The van der Waals surface area contributed by atoms with Gasteiger partial charge in [-0.05, 0) is 37.5 Å². The SMILES string of the molecule is CC(=NNC(=O)CNC(=O)C1CCCCC1)c1cccc(N)c1. The van der Waals surface area contributed by atoms with Gasteiger partial charge >= 0.3 is 0 Å². The van der Waals surface area contributed by atoms with E-state index in [0.29, 0.717) is 11.4 Å². The molecule has 23 heavy (non-hydrogen) atoms. The number of carbonyl (C=O) groups is 2. The molecule has 4 N–H and O–H groups in total. The summed E-state index contributed by atoms with van der Waals surface area (Å²) in [7, 11) is 0. The quantitative estimate of drug-likeness (QED) is 0.439. The second kappa shape index (κ2) is 8.31. The topological polar surface area (TPSA) is 96.6 Å². The number of hydrogen-bond donors (Lipinski definition) is 3. The molecule has 124 valence electrons. The number of anilines is 1. The predicted octanol–water partition coefficient (Wildman–Crippen LogP) is 1.81. The van der Waals surface area contributed by atoms with Crippen molar-refractivity contribution in [1.29, 1.82) is 0 Å². The van der Waals surface area contributed by atoms with E-state index in [0.717, 1.165) is 31.2 Å². The Labute approximate surface area is 136 Å². The number of hydrogen-bond acceptors (Lipinski definition) is 4. The maximum Gasteiger partial charge on any atom is 0.259 e. The lowest BCUT2D eigenvalue weighted by Crippen LogP contribution is -2.39. The molecule has 1 aromatic carbocycles. The maximum absolute atomic E-state index is 12.0. The van der Waals surface area contributed by atoms with Crippen LogP contribution in [0.1, 0.15) is 44.6 Å². The molecule has 1 aromatic rings. The largest absolute Gasteiger partial charge is 0.399 e. The number of hydrazone groups is 1. The van der Waals surface area contributed by atoms with E-state index in [1.54, 1.807) is 19.1 Å². The molecule has 0 unspecified atom stereocenters. The van der Waals surface area contributed by atoms with Gasteiger partial charge in [0, 0.05) is 11.6 Å². The number of carbonyl (C=O) groups excluding carboxylic acids is 2. The van der Waals surface area contributed by atoms with Gasteiger partial charge in [-0.3, -0.25) is 9.59 Å². The molecular weight excluding hydrogens is 292 g/mol. The Morgan fingerprint density at radius 1 is 1.26 bits per heavy atom. The minimum atomic E-state index is -0.336. The standard InChI is InChI=1S/C17H24N4O2/c1-12(14-8-5-9-15(18)10-14)20-21-16(22)11-19-17(23)13-6-3-2-4-7-13/h5,8-10,13H,2-4,6-7,11,18H2,1H3,(H,19,23)(H,21,22). The summed E-state index contributed by atoms with van der Waals surface area (Å²) < 4.78 is 0. The molecule has 2 amide bonds. The van der Waals surface area contributed by atoms with Crippen LogP contribution in [0.5, 0.6) is 0 Å². The van der Waals surface area contributed by atoms with Crippen molar-refractivity contribution in [2.45, 2.75) is 39.0 Å². The number of nitrogen functional groups attached to an aromatic ring is 1. The maximum atomic E-state index is 12.0. The lowest BCUT2D eigenvalue weighted by atomic mass is 9.89. The first-order chi connectivity index (χ1) is 11.1. The summed E-state index contributed by atoms with van der Waals surface area (Å²) in [4.78, 5) is 23.7. The second-order valence-corrected chi connectivity index (χ2v) is 5.91. The van der Waals surface area contributed by atoms with E-state index in [9.17, 15) is 9.59 Å². The lowest BCUT2D eigenvalue weighted by molar-refractivity contribution is -0.129. The van der Waals surface area contributed by atoms with Crippen molar-refractivity contribution in [2.24, 2.45) is 11.0 Å². The van der Waals surface area contributed by atoms with Crippen LogP contribution in [-0.4, -0.2) is 24.1 Å². The van der Waals surface area contributed by atoms with Crippen LogP contribution in [-0.2, 0) is 9.59 Å². The van der Waals surface area contributed by atoms with Crippen molar-refractivity contribution in [3.63, 3.8) is 0 Å². The average Bonchev–Trinajstić information content (AvgIpc) is 2.58. The van der Waals surface area contributed by atoms with Crippen molar-refractivity contribution in [2.75, 3.05) is 12.3 Å². The highest BCUT2D eigenvalue weighted by Crippen LogP contribution is 2.23. The van der Waals surface area contributed by atoms with Crippen LogP contribution in [0.15, 0.2) is 29.4 Å². The van der Waals surface area contributed by atoms with E-state index in [1.165, 1.54) is 6.42 Å². The average molecular weight is 316 g/mol. The summed E-state index contributed by atoms with van der Waals surface area (Å²) in [5.74, 6) is -0.317. The van der Waals surface area contributed by atoms with Crippen LogP contribution in [0, 0.1) is 5.92 Å². The van der Waals surface area contributed by atoms with E-state index in [-0.39, 0.29) is 24.3 Å². The molecule has 2 rings (SSSR count). The third-order valence-electron chi connectivity index (χ3n) is 4.05. The Bertz CT molecular complexity index is 592. The molecule has 1 fully saturated rings. The summed E-state index contributed by atoms with van der Waals surface area (Å²) >= 11 is 0. The second-order valence-electron chi connectivity index (χ2n) is 5.91. The van der Waals surface area contributed by atoms with Crippen molar-refractivity contribution in [3.8, 4) is 0 Å². The molecule has 1 aliphatic rings. The third-order valence-corrected chi connectivity index (χ3v) is 4.05. The number of amides is 2. The van der Waals surface area contributed by atoms with E-state index in [2.05, 4.69) is 15.8 Å². The highest BCUT2D eigenvalue weighted by Gasteiger charge is 2.21. The molecule has 0 aromatic heterocycles. The highest BCUT2D eigenvalue weighted by atomic mass is 16.2. The molecule has 0 spiro atoms. The first-order valence-electron chi connectivity index (χ1n) is 8.03. The number of rotatable bonds is 5. The van der Waals surface area contributed by atoms with Gasteiger partial charge in [0.15, 0.2) is 0 Å². The van der Waals surface area contributed by atoms with Crippen LogP contribution in [0.3, 0.4) is 0 Å². The Kier molecular flexibility index (Phi) is 6.14. The lowest BCUT2D eigenvalue weighted by Gasteiger charge is -2.20. The van der Waals surface area contributed by atoms with Gasteiger partial charge in [0.25, 0.3) is 5.91 Å². The monoisotopic (exact) mass is 316 g/mol. The molecule has 6 nitrogen and oxygen atoms in total. The Balaban J connectivity index is 1.78. The van der Waals surface area contributed by atoms with Crippen LogP contribution < -0.4 is 16.5 Å². The molecule has 0 radical (unpaired) electrons. The molecule has 0 aliphatic heterocycles. The van der Waals surface area contributed by atoms with E-state index in [4.69, 9.17) is 5.73 Å². The van der Waals surface area contributed by atoms with Gasteiger partial charge in [0.1, 0.15) is 0 Å². The fourth-order valence-electron chi connectivity index (χ4n) is 2.69. The van der Waals surface area contributed by atoms with Gasteiger partial charge in [0.2, 0.25) is 5.91 Å². The molecule has 0 atom stereocenters.